The predicted molar refractivity (Wildman–Crippen MR) is 215 cm³/mol. The van der Waals surface area contributed by atoms with E-state index in [2.05, 4.69) is 175 Å². The lowest BCUT2D eigenvalue weighted by Gasteiger charge is -2.10. The van der Waals surface area contributed by atoms with Crippen molar-refractivity contribution < 1.29 is 0 Å². The Balaban J connectivity index is 0.000000859. The number of pyridine rings is 1. The van der Waals surface area contributed by atoms with Crippen LogP contribution in [-0.4, -0.2) is 14.6 Å². The molecular weight excluding hydrogens is 627 g/mol. The number of nitrogens with zero attached hydrogens (tertiary/aromatic N) is 3. The number of rotatable bonds is 5. The molecule has 0 bridgehead atoms. The zero-order valence-corrected chi connectivity index (χ0v) is 28.9. The number of hydrogen-bond donors (Lipinski definition) is 0. The summed E-state index contributed by atoms with van der Waals surface area (Å²) in [6, 6.07) is 48.6. The van der Waals surface area contributed by atoms with E-state index in [1.165, 1.54) is 64.7 Å². The summed E-state index contributed by atoms with van der Waals surface area (Å²) in [6.45, 7) is 11.0. The molecule has 0 saturated carbocycles. The van der Waals surface area contributed by atoms with Crippen LogP contribution in [-0.2, 0) is 0 Å². The van der Waals surface area contributed by atoms with Crippen LogP contribution in [0.4, 0.5) is 0 Å². The van der Waals surface area contributed by atoms with Crippen molar-refractivity contribution in [1.29, 1.82) is 0 Å². The van der Waals surface area contributed by atoms with Crippen LogP contribution in [0, 0.1) is 13.8 Å². The monoisotopic (exact) mass is 661 g/mol. The summed E-state index contributed by atoms with van der Waals surface area (Å²) in [4.78, 5) is 0. The Bertz CT molecular complexity index is 2670. The van der Waals surface area contributed by atoms with E-state index in [1.54, 1.807) is 12.2 Å². The molecule has 240 valence electrons. The van der Waals surface area contributed by atoms with Crippen molar-refractivity contribution >= 4 is 47.9 Å². The Morgan fingerprint density at radius 3 is 1.84 bits per heavy atom. The highest BCUT2D eigenvalue weighted by molar-refractivity contribution is 7.26. The molecule has 0 aliphatic rings. The summed E-state index contributed by atoms with van der Waals surface area (Å²) < 4.78 is 4.69. The zero-order valence-electron chi connectivity index (χ0n) is 28.1. The number of aryl methyl sites for hydroxylation is 2. The van der Waals surface area contributed by atoms with Crippen LogP contribution in [0.15, 0.2) is 165 Å². The van der Waals surface area contributed by atoms with Crippen molar-refractivity contribution in [2.45, 2.75) is 13.8 Å². The Morgan fingerprint density at radius 2 is 1.14 bits per heavy atom. The van der Waals surface area contributed by atoms with E-state index in [0.29, 0.717) is 0 Å². The van der Waals surface area contributed by atoms with Crippen LogP contribution in [0.3, 0.4) is 0 Å². The van der Waals surface area contributed by atoms with Crippen molar-refractivity contribution in [2.75, 3.05) is 0 Å². The summed E-state index contributed by atoms with van der Waals surface area (Å²) in [5.41, 5.74) is 11.8. The van der Waals surface area contributed by atoms with E-state index in [4.69, 9.17) is 0 Å². The second-order valence-corrected chi connectivity index (χ2v) is 13.7. The molecule has 6 aromatic carbocycles. The molecule has 3 aromatic heterocycles. The van der Waals surface area contributed by atoms with Crippen LogP contribution >= 0.6 is 11.3 Å². The molecule has 0 atom stereocenters. The maximum Gasteiger partial charge on any atom is 0.168 e. The molecule has 0 radical (unpaired) electrons. The predicted octanol–water partition coefficient (Wildman–Crippen LogP) is 12.9. The lowest BCUT2D eigenvalue weighted by molar-refractivity contribution is 1.11. The first-order valence-corrected chi connectivity index (χ1v) is 17.5. The topological polar surface area (TPSA) is 30.2 Å². The van der Waals surface area contributed by atoms with E-state index < -0.39 is 0 Å². The van der Waals surface area contributed by atoms with Gasteiger partial charge in [0.25, 0.3) is 0 Å². The SMILES string of the molecule is C=CC=C.Cc1ccc(-c2ccc3sc4c(-c5ccc(-c6nnc7c8ccccc8ccn67)cc5)cc(-c5ccc(C)cc5)cc4c3c2)cc1. The number of aromatic nitrogens is 3. The van der Waals surface area contributed by atoms with Crippen LogP contribution in [0.1, 0.15) is 11.1 Å². The molecule has 0 saturated heterocycles. The van der Waals surface area contributed by atoms with E-state index in [9.17, 15) is 0 Å². The molecule has 3 nitrogen and oxygen atoms in total. The normalized spacial score (nSPS) is 11.2. The molecule has 9 aromatic rings. The molecule has 9 rings (SSSR count). The highest BCUT2D eigenvalue weighted by Crippen LogP contribution is 2.44. The van der Waals surface area contributed by atoms with Crippen LogP contribution < -0.4 is 0 Å². The average molecular weight is 662 g/mol. The van der Waals surface area contributed by atoms with Crippen molar-refractivity contribution in [3.05, 3.63) is 176 Å². The zero-order chi connectivity index (χ0) is 34.2. The van der Waals surface area contributed by atoms with E-state index in [0.717, 1.165) is 27.8 Å². The van der Waals surface area contributed by atoms with E-state index in [-0.39, 0.29) is 0 Å². The molecule has 50 heavy (non-hydrogen) atoms. The number of fused-ring (bicyclic) bond motifs is 6. The lowest BCUT2D eigenvalue weighted by Crippen LogP contribution is -1.90. The largest absolute Gasteiger partial charge is 0.282 e. The van der Waals surface area contributed by atoms with Gasteiger partial charge in [-0.3, -0.25) is 4.40 Å². The van der Waals surface area contributed by atoms with Gasteiger partial charge in [-0.1, -0.05) is 140 Å². The quantitative estimate of drug-likeness (QED) is 0.172. The van der Waals surface area contributed by atoms with E-state index in [1.807, 2.05) is 17.4 Å². The fourth-order valence-electron chi connectivity index (χ4n) is 6.54. The molecule has 0 unspecified atom stereocenters. The summed E-state index contributed by atoms with van der Waals surface area (Å²) in [6.07, 6.45) is 5.34. The molecule has 0 spiro atoms. The second kappa shape index (κ2) is 13.1. The fraction of sp³-hybridized carbons (Fsp3) is 0.0435. The van der Waals surface area contributed by atoms with Gasteiger partial charge in [-0.05, 0) is 77.4 Å². The average Bonchev–Trinajstić information content (AvgIpc) is 3.77. The number of hydrogen-bond acceptors (Lipinski definition) is 3. The first-order valence-electron chi connectivity index (χ1n) is 16.7. The molecular formula is C46H35N3S. The van der Waals surface area contributed by atoms with Gasteiger partial charge in [0.15, 0.2) is 11.5 Å². The van der Waals surface area contributed by atoms with Crippen molar-refractivity contribution in [2.24, 2.45) is 0 Å². The van der Waals surface area contributed by atoms with Gasteiger partial charge < -0.3 is 0 Å². The van der Waals surface area contributed by atoms with E-state index >= 15 is 0 Å². The Morgan fingerprint density at radius 1 is 0.540 bits per heavy atom. The maximum atomic E-state index is 4.61. The van der Waals surface area contributed by atoms with Gasteiger partial charge in [-0.25, -0.2) is 0 Å². The minimum Gasteiger partial charge on any atom is -0.282 e. The highest BCUT2D eigenvalue weighted by atomic mass is 32.1. The van der Waals surface area contributed by atoms with Gasteiger partial charge in [0, 0.05) is 42.9 Å². The number of benzene rings is 6. The first kappa shape index (κ1) is 31.2. The third-order valence-electron chi connectivity index (χ3n) is 9.26. The summed E-state index contributed by atoms with van der Waals surface area (Å²) >= 11 is 1.87. The van der Waals surface area contributed by atoms with Crippen molar-refractivity contribution in [3.63, 3.8) is 0 Å². The Kier molecular flexibility index (Phi) is 8.15. The number of allylic oxidation sites excluding steroid dienone is 2. The van der Waals surface area contributed by atoms with Crippen LogP contribution in [0.25, 0.3) is 81.4 Å². The Hall–Kier alpha value is -6.10. The highest BCUT2D eigenvalue weighted by Gasteiger charge is 2.16. The minimum absolute atomic E-state index is 0.844. The molecule has 0 fully saturated rings. The smallest absolute Gasteiger partial charge is 0.168 e. The van der Waals surface area contributed by atoms with Gasteiger partial charge in [0.05, 0.1) is 0 Å². The van der Waals surface area contributed by atoms with Gasteiger partial charge in [-0.2, -0.15) is 0 Å². The van der Waals surface area contributed by atoms with Crippen LogP contribution in [0.2, 0.25) is 0 Å². The lowest BCUT2D eigenvalue weighted by atomic mass is 9.94. The van der Waals surface area contributed by atoms with Crippen molar-refractivity contribution in [1.82, 2.24) is 14.6 Å². The molecule has 3 heterocycles. The van der Waals surface area contributed by atoms with Gasteiger partial charge >= 0.3 is 0 Å². The summed E-state index contributed by atoms with van der Waals surface area (Å²) in [5.74, 6) is 0.844. The minimum atomic E-state index is 0.844. The van der Waals surface area contributed by atoms with Gasteiger partial charge in [0.2, 0.25) is 0 Å². The molecule has 0 N–H and O–H groups in total. The molecule has 0 amide bonds. The number of thiophene rings is 1. The Labute approximate surface area is 296 Å². The molecule has 0 aliphatic carbocycles. The van der Waals surface area contributed by atoms with Gasteiger partial charge in [-0.15, -0.1) is 21.5 Å². The maximum absolute atomic E-state index is 4.61. The fourth-order valence-corrected chi connectivity index (χ4v) is 7.74. The molecule has 4 heteroatoms. The first-order chi connectivity index (χ1) is 24.5. The third-order valence-corrected chi connectivity index (χ3v) is 10.5. The molecule has 0 aliphatic heterocycles. The van der Waals surface area contributed by atoms with Gasteiger partial charge in [0.1, 0.15) is 0 Å². The summed E-state index contributed by atoms with van der Waals surface area (Å²) in [5, 5.41) is 14.0. The third kappa shape index (κ3) is 5.70. The summed E-state index contributed by atoms with van der Waals surface area (Å²) in [7, 11) is 0. The second-order valence-electron chi connectivity index (χ2n) is 12.6. The van der Waals surface area contributed by atoms with Crippen LogP contribution in [0.5, 0.6) is 0 Å². The standard InChI is InChI=1S/C42H29N3S.C4H6/c1-26-7-11-28(12-8-26)33-19-20-39-37(23-33)38-25-34(29-13-9-27(2)10-14-29)24-36(40(38)46-39)31-15-17-32(18-16-31)41-43-44-42-35-6-4-3-5-30(35)21-22-45(41)42;1-3-4-2/h3-25H,1-2H3;3-4H,1-2H2. The van der Waals surface area contributed by atoms with Crippen molar-refractivity contribution in [3.8, 4) is 44.8 Å².